The van der Waals surface area contributed by atoms with Gasteiger partial charge in [-0.05, 0) is 0 Å². The van der Waals surface area contributed by atoms with Crippen molar-refractivity contribution in [3.63, 3.8) is 0 Å². The molecule has 1 heteroatoms. The SMILES string of the molecule is C1=C(c2ccccc2)C=C(c2ccccc2)[As]=C1c1ccccc1. The summed E-state index contributed by atoms with van der Waals surface area (Å²) in [6.45, 7) is 0. The Morgan fingerprint density at radius 2 is 0.958 bits per heavy atom. The Labute approximate surface area is 149 Å². The number of benzene rings is 3. The maximum atomic E-state index is 2.37. The van der Waals surface area contributed by atoms with Crippen molar-refractivity contribution in [2.75, 3.05) is 0 Å². The molecule has 0 atom stereocenters. The van der Waals surface area contributed by atoms with Gasteiger partial charge >= 0.3 is 149 Å². The van der Waals surface area contributed by atoms with Crippen LogP contribution < -0.4 is 0 Å². The summed E-state index contributed by atoms with van der Waals surface area (Å²) in [5, 5.41) is 0. The Bertz CT molecular complexity index is 782. The first-order valence-corrected chi connectivity index (χ1v) is 9.96. The summed E-state index contributed by atoms with van der Waals surface area (Å²) in [5.74, 6) is 0. The molecule has 4 rings (SSSR count). The zero-order valence-electron chi connectivity index (χ0n) is 13.3. The van der Waals surface area contributed by atoms with Gasteiger partial charge in [-0.3, -0.25) is 0 Å². The molecular weight excluding hydrogens is 351 g/mol. The van der Waals surface area contributed by atoms with Crippen LogP contribution in [-0.2, 0) is 0 Å². The number of hydrogen-bond acceptors (Lipinski definition) is 0. The molecule has 0 saturated carbocycles. The molecule has 0 fully saturated rings. The summed E-state index contributed by atoms with van der Waals surface area (Å²) >= 11 is -0.0215. The van der Waals surface area contributed by atoms with E-state index < -0.39 is 0 Å². The number of hydrogen-bond donors (Lipinski definition) is 0. The van der Waals surface area contributed by atoms with Crippen molar-refractivity contribution < 1.29 is 0 Å². The molecule has 0 aliphatic carbocycles. The van der Waals surface area contributed by atoms with Crippen molar-refractivity contribution in [2.24, 2.45) is 0 Å². The van der Waals surface area contributed by atoms with Crippen molar-refractivity contribution in [1.82, 2.24) is 0 Å². The van der Waals surface area contributed by atoms with E-state index in [2.05, 4.69) is 103 Å². The molecule has 0 N–H and O–H groups in total. The molecule has 24 heavy (non-hydrogen) atoms. The van der Waals surface area contributed by atoms with Gasteiger partial charge in [0.2, 0.25) is 0 Å². The summed E-state index contributed by atoms with van der Waals surface area (Å²) < 4.78 is 2.93. The molecule has 1 aliphatic heterocycles. The van der Waals surface area contributed by atoms with Crippen molar-refractivity contribution in [2.45, 2.75) is 0 Å². The van der Waals surface area contributed by atoms with E-state index in [-0.39, 0.29) is 15.3 Å². The Morgan fingerprint density at radius 1 is 0.458 bits per heavy atom. The fourth-order valence-electron chi connectivity index (χ4n) is 2.84. The molecule has 3 aromatic carbocycles. The van der Waals surface area contributed by atoms with E-state index in [1.165, 1.54) is 30.9 Å². The molecule has 0 nitrogen and oxygen atoms in total. The van der Waals surface area contributed by atoms with E-state index in [0.29, 0.717) is 0 Å². The van der Waals surface area contributed by atoms with Crippen LogP contribution in [-0.4, -0.2) is 19.6 Å². The van der Waals surface area contributed by atoms with Crippen LogP contribution in [0.25, 0.3) is 9.93 Å². The monoisotopic (exact) mass is 368 g/mol. The third-order valence-electron chi connectivity index (χ3n) is 4.07. The molecule has 1 aliphatic rings. The molecule has 3 aromatic rings. The van der Waals surface area contributed by atoms with Crippen LogP contribution in [0.4, 0.5) is 0 Å². The fourth-order valence-corrected chi connectivity index (χ4v) is 5.41. The van der Waals surface area contributed by atoms with E-state index in [4.69, 9.17) is 0 Å². The summed E-state index contributed by atoms with van der Waals surface area (Å²) in [6, 6.07) is 32.2. The van der Waals surface area contributed by atoms with E-state index in [1.807, 2.05) is 0 Å². The van der Waals surface area contributed by atoms with E-state index in [9.17, 15) is 0 Å². The normalized spacial score (nSPS) is 14.4. The van der Waals surface area contributed by atoms with Gasteiger partial charge in [0, 0.05) is 0 Å². The van der Waals surface area contributed by atoms with Crippen LogP contribution in [0.5, 0.6) is 0 Å². The molecule has 0 bridgehead atoms. The Morgan fingerprint density at radius 3 is 1.54 bits per heavy atom. The Balaban J connectivity index is 1.86. The fraction of sp³-hybridized carbons (Fsp3) is 0. The van der Waals surface area contributed by atoms with E-state index in [0.717, 1.165) is 0 Å². The first-order chi connectivity index (χ1) is 11.9. The molecule has 0 aromatic heterocycles. The predicted molar refractivity (Wildman–Crippen MR) is 105 cm³/mol. The van der Waals surface area contributed by atoms with Gasteiger partial charge in [0.25, 0.3) is 0 Å². The second kappa shape index (κ2) is 6.99. The first-order valence-electron chi connectivity index (χ1n) is 8.08. The van der Waals surface area contributed by atoms with E-state index in [1.54, 1.807) is 0 Å². The van der Waals surface area contributed by atoms with Gasteiger partial charge in [0.1, 0.15) is 0 Å². The van der Waals surface area contributed by atoms with Crippen molar-refractivity contribution >= 4 is 29.5 Å². The molecule has 0 saturated heterocycles. The van der Waals surface area contributed by atoms with Crippen molar-refractivity contribution in [1.29, 1.82) is 0 Å². The molecular formula is C23H17As. The van der Waals surface area contributed by atoms with Crippen LogP contribution in [0, 0.1) is 0 Å². The summed E-state index contributed by atoms with van der Waals surface area (Å²) in [4.78, 5) is 0. The van der Waals surface area contributed by atoms with Gasteiger partial charge in [0.05, 0.1) is 0 Å². The van der Waals surface area contributed by atoms with Gasteiger partial charge in [-0.25, -0.2) is 0 Å². The third kappa shape index (κ3) is 3.25. The van der Waals surface area contributed by atoms with Crippen LogP contribution >= 0.6 is 0 Å². The molecule has 1 heterocycles. The van der Waals surface area contributed by atoms with Gasteiger partial charge in [-0.2, -0.15) is 0 Å². The summed E-state index contributed by atoms with van der Waals surface area (Å²) in [5.41, 5.74) is 5.26. The summed E-state index contributed by atoms with van der Waals surface area (Å²) in [7, 11) is 0. The third-order valence-corrected chi connectivity index (χ3v) is 6.71. The zero-order valence-corrected chi connectivity index (χ0v) is 15.1. The molecule has 0 amide bonds. The Hall–Kier alpha value is -2.43. The number of rotatable bonds is 3. The minimum atomic E-state index is -0.0215. The van der Waals surface area contributed by atoms with Gasteiger partial charge in [-0.1, -0.05) is 0 Å². The Kier molecular flexibility index (Phi) is 4.40. The topological polar surface area (TPSA) is 0 Å². The standard InChI is InChI=1S/C23H17As/c1-4-10-18(11-5-1)21-16-22(19-12-6-2-7-13-19)24-23(17-21)20-14-8-3-9-15-20/h1-17H. The predicted octanol–water partition coefficient (Wildman–Crippen LogP) is 5.05. The molecule has 0 radical (unpaired) electrons. The number of allylic oxidation sites excluding steroid dienone is 3. The van der Waals surface area contributed by atoms with Crippen molar-refractivity contribution in [3.05, 3.63) is 120 Å². The first kappa shape index (κ1) is 15.1. The van der Waals surface area contributed by atoms with Gasteiger partial charge in [0.15, 0.2) is 0 Å². The molecule has 114 valence electrons. The average Bonchev–Trinajstić information content (AvgIpc) is 2.70. The second-order valence-electron chi connectivity index (χ2n) is 5.72. The summed E-state index contributed by atoms with van der Waals surface area (Å²) in [6.07, 6.45) is 4.74. The van der Waals surface area contributed by atoms with Gasteiger partial charge in [-0.15, -0.1) is 0 Å². The zero-order chi connectivity index (χ0) is 16.2. The van der Waals surface area contributed by atoms with Gasteiger partial charge < -0.3 is 0 Å². The van der Waals surface area contributed by atoms with Crippen molar-refractivity contribution in [3.8, 4) is 0 Å². The van der Waals surface area contributed by atoms with Crippen LogP contribution in [0.2, 0.25) is 0 Å². The van der Waals surface area contributed by atoms with E-state index >= 15 is 0 Å². The second-order valence-corrected chi connectivity index (χ2v) is 8.22. The van der Waals surface area contributed by atoms with Crippen LogP contribution in [0.1, 0.15) is 16.7 Å². The quantitative estimate of drug-likeness (QED) is 0.568. The molecule has 0 spiro atoms. The van der Waals surface area contributed by atoms with Crippen LogP contribution in [0.15, 0.2) is 103 Å². The van der Waals surface area contributed by atoms with Crippen LogP contribution in [0.3, 0.4) is 0 Å². The molecule has 0 unspecified atom stereocenters. The maximum absolute atomic E-state index is 2.37. The average molecular weight is 368 g/mol. The minimum absolute atomic E-state index is 0.0215.